The maximum Gasteiger partial charge on any atom is 0.227 e. The van der Waals surface area contributed by atoms with Gasteiger partial charge in [-0.2, -0.15) is 5.10 Å². The molecule has 1 N–H and O–H groups in total. The number of nitrogens with zero attached hydrogens (tertiary/aromatic N) is 1. The molecule has 68 valence electrons. The highest BCUT2D eigenvalue weighted by atomic mass is 19.1. The Balaban J connectivity index is 2.88. The standard InChI is InChI=1S/C9H9FN2O/c1-7(12-11-6-13)8-3-2-4-9(10)5-8/h2-6H,1H3,(H,11,13)/b12-7+. The third-order valence-electron chi connectivity index (χ3n) is 1.53. The number of benzene rings is 1. The van der Waals surface area contributed by atoms with Gasteiger partial charge in [0.15, 0.2) is 0 Å². The van der Waals surface area contributed by atoms with E-state index in [1.54, 1.807) is 19.1 Å². The van der Waals surface area contributed by atoms with Crippen LogP contribution >= 0.6 is 0 Å². The molecule has 0 radical (unpaired) electrons. The molecule has 1 aromatic carbocycles. The number of rotatable bonds is 3. The monoisotopic (exact) mass is 180 g/mol. The molecule has 1 rings (SSSR count). The molecule has 13 heavy (non-hydrogen) atoms. The molecule has 1 amide bonds. The summed E-state index contributed by atoms with van der Waals surface area (Å²) in [5.41, 5.74) is 3.36. The summed E-state index contributed by atoms with van der Waals surface area (Å²) in [5, 5.41) is 3.69. The maximum absolute atomic E-state index is 12.7. The minimum atomic E-state index is -0.321. The van der Waals surface area contributed by atoms with E-state index in [9.17, 15) is 9.18 Å². The van der Waals surface area contributed by atoms with E-state index in [0.717, 1.165) is 0 Å². The predicted octanol–water partition coefficient (Wildman–Crippen LogP) is 1.30. The number of nitrogens with one attached hydrogen (secondary N) is 1. The first-order chi connectivity index (χ1) is 6.24. The van der Waals surface area contributed by atoms with E-state index in [2.05, 4.69) is 10.5 Å². The van der Waals surface area contributed by atoms with Crippen LogP contribution < -0.4 is 5.43 Å². The van der Waals surface area contributed by atoms with Crippen molar-refractivity contribution in [1.82, 2.24) is 5.43 Å². The van der Waals surface area contributed by atoms with E-state index in [-0.39, 0.29) is 5.82 Å². The first kappa shape index (κ1) is 9.38. The fourth-order valence-corrected chi connectivity index (χ4v) is 0.901. The van der Waals surface area contributed by atoms with Crippen LogP contribution in [-0.4, -0.2) is 12.1 Å². The SMILES string of the molecule is C/C(=N\NC=O)c1cccc(F)c1. The molecule has 0 aliphatic rings. The van der Waals surface area contributed by atoms with Crippen LogP contribution in [0.3, 0.4) is 0 Å². The molecule has 1 aromatic rings. The highest BCUT2D eigenvalue weighted by molar-refractivity contribution is 5.98. The molecule has 0 aliphatic carbocycles. The lowest BCUT2D eigenvalue weighted by Crippen LogP contribution is -2.06. The van der Waals surface area contributed by atoms with Crippen molar-refractivity contribution in [2.24, 2.45) is 5.10 Å². The van der Waals surface area contributed by atoms with Crippen LogP contribution in [0.1, 0.15) is 12.5 Å². The van der Waals surface area contributed by atoms with E-state index in [1.807, 2.05) is 0 Å². The summed E-state index contributed by atoms with van der Waals surface area (Å²) in [5.74, 6) is -0.321. The molecule has 0 aromatic heterocycles. The Morgan fingerprint density at radius 1 is 1.62 bits per heavy atom. The zero-order valence-corrected chi connectivity index (χ0v) is 7.12. The summed E-state index contributed by atoms with van der Waals surface area (Å²) in [4.78, 5) is 9.92. The number of hydrogen-bond donors (Lipinski definition) is 1. The predicted molar refractivity (Wildman–Crippen MR) is 47.8 cm³/mol. The van der Waals surface area contributed by atoms with Crippen molar-refractivity contribution in [3.05, 3.63) is 35.6 Å². The van der Waals surface area contributed by atoms with E-state index in [0.29, 0.717) is 17.7 Å². The molecule has 0 bridgehead atoms. The molecule has 0 heterocycles. The highest BCUT2D eigenvalue weighted by Crippen LogP contribution is 2.04. The van der Waals surface area contributed by atoms with Crippen molar-refractivity contribution >= 4 is 12.1 Å². The molecular formula is C9H9FN2O. The number of carbonyl (C=O) groups excluding carboxylic acids is 1. The van der Waals surface area contributed by atoms with Gasteiger partial charge in [-0.3, -0.25) is 4.79 Å². The van der Waals surface area contributed by atoms with Crippen molar-refractivity contribution < 1.29 is 9.18 Å². The summed E-state index contributed by atoms with van der Waals surface area (Å²) in [6.45, 7) is 1.69. The minimum Gasteiger partial charge on any atom is -0.277 e. The van der Waals surface area contributed by atoms with Crippen LogP contribution in [0.5, 0.6) is 0 Å². The van der Waals surface area contributed by atoms with Crippen LogP contribution in [0.4, 0.5) is 4.39 Å². The van der Waals surface area contributed by atoms with Crippen molar-refractivity contribution in [1.29, 1.82) is 0 Å². The van der Waals surface area contributed by atoms with Crippen molar-refractivity contribution in [2.75, 3.05) is 0 Å². The quantitative estimate of drug-likeness (QED) is 0.425. The lowest BCUT2D eigenvalue weighted by atomic mass is 10.1. The molecule has 3 nitrogen and oxygen atoms in total. The van der Waals surface area contributed by atoms with Gasteiger partial charge in [0.1, 0.15) is 5.82 Å². The van der Waals surface area contributed by atoms with Gasteiger partial charge in [-0.1, -0.05) is 12.1 Å². The molecular weight excluding hydrogens is 171 g/mol. The zero-order chi connectivity index (χ0) is 9.68. The average molecular weight is 180 g/mol. The van der Waals surface area contributed by atoms with Gasteiger partial charge in [-0.25, -0.2) is 9.82 Å². The molecule has 0 atom stereocenters. The summed E-state index contributed by atoms with van der Waals surface area (Å²) >= 11 is 0. The van der Waals surface area contributed by atoms with Crippen molar-refractivity contribution in [3.63, 3.8) is 0 Å². The largest absolute Gasteiger partial charge is 0.277 e. The molecule has 0 fully saturated rings. The van der Waals surface area contributed by atoms with Gasteiger partial charge in [0.05, 0.1) is 5.71 Å². The van der Waals surface area contributed by atoms with E-state index < -0.39 is 0 Å². The summed E-state index contributed by atoms with van der Waals surface area (Å²) in [6, 6.07) is 6.01. The summed E-state index contributed by atoms with van der Waals surface area (Å²) in [6.07, 6.45) is 0.461. The second kappa shape index (κ2) is 4.35. The van der Waals surface area contributed by atoms with E-state index in [4.69, 9.17) is 0 Å². The van der Waals surface area contributed by atoms with Crippen LogP contribution in [0, 0.1) is 5.82 Å². The smallest absolute Gasteiger partial charge is 0.227 e. The van der Waals surface area contributed by atoms with Gasteiger partial charge < -0.3 is 0 Å². The normalized spacial score (nSPS) is 11.1. The molecule has 0 unspecified atom stereocenters. The second-order valence-electron chi connectivity index (χ2n) is 2.45. The van der Waals surface area contributed by atoms with E-state index in [1.165, 1.54) is 12.1 Å². The molecule has 0 aliphatic heterocycles. The van der Waals surface area contributed by atoms with Crippen LogP contribution in [0.2, 0.25) is 0 Å². The van der Waals surface area contributed by atoms with Gasteiger partial charge in [0.2, 0.25) is 6.41 Å². The van der Waals surface area contributed by atoms with Gasteiger partial charge >= 0.3 is 0 Å². The Bertz CT molecular complexity index is 336. The first-order valence-corrected chi connectivity index (χ1v) is 3.73. The second-order valence-corrected chi connectivity index (χ2v) is 2.45. The van der Waals surface area contributed by atoms with Crippen molar-refractivity contribution in [2.45, 2.75) is 6.92 Å². The Kier molecular flexibility index (Phi) is 3.14. The van der Waals surface area contributed by atoms with E-state index >= 15 is 0 Å². The lowest BCUT2D eigenvalue weighted by molar-refractivity contribution is -0.109. The molecule has 0 saturated carbocycles. The third kappa shape index (κ3) is 2.66. The van der Waals surface area contributed by atoms with Gasteiger partial charge in [0.25, 0.3) is 0 Å². The van der Waals surface area contributed by atoms with Gasteiger partial charge in [0, 0.05) is 5.56 Å². The number of carbonyl (C=O) groups is 1. The van der Waals surface area contributed by atoms with Crippen LogP contribution in [-0.2, 0) is 4.79 Å². The minimum absolute atomic E-state index is 0.321. The fraction of sp³-hybridized carbons (Fsp3) is 0.111. The Hall–Kier alpha value is -1.71. The Labute approximate surface area is 75.3 Å². The van der Waals surface area contributed by atoms with Crippen molar-refractivity contribution in [3.8, 4) is 0 Å². The Morgan fingerprint density at radius 2 is 2.38 bits per heavy atom. The summed E-state index contributed by atoms with van der Waals surface area (Å²) < 4.78 is 12.7. The fourth-order valence-electron chi connectivity index (χ4n) is 0.901. The molecule has 0 spiro atoms. The molecule has 0 saturated heterocycles. The highest BCUT2D eigenvalue weighted by Gasteiger charge is 1.97. The number of amides is 1. The Morgan fingerprint density at radius 3 is 3.00 bits per heavy atom. The van der Waals surface area contributed by atoms with Gasteiger partial charge in [-0.05, 0) is 19.1 Å². The average Bonchev–Trinajstić information content (AvgIpc) is 2.14. The van der Waals surface area contributed by atoms with Crippen LogP contribution in [0.15, 0.2) is 29.4 Å². The third-order valence-corrected chi connectivity index (χ3v) is 1.53. The topological polar surface area (TPSA) is 41.5 Å². The lowest BCUT2D eigenvalue weighted by Gasteiger charge is -1.98. The summed E-state index contributed by atoms with van der Waals surface area (Å²) in [7, 11) is 0. The number of hydrogen-bond acceptors (Lipinski definition) is 2. The number of halogens is 1. The maximum atomic E-state index is 12.7. The zero-order valence-electron chi connectivity index (χ0n) is 7.12. The van der Waals surface area contributed by atoms with Gasteiger partial charge in [-0.15, -0.1) is 0 Å². The first-order valence-electron chi connectivity index (χ1n) is 3.73. The van der Waals surface area contributed by atoms with Crippen LogP contribution in [0.25, 0.3) is 0 Å². The number of hydrazone groups is 1. The molecule has 4 heteroatoms.